The van der Waals surface area contributed by atoms with Gasteiger partial charge in [-0.2, -0.15) is 0 Å². The van der Waals surface area contributed by atoms with E-state index in [4.69, 9.17) is 4.42 Å². The highest BCUT2D eigenvalue weighted by molar-refractivity contribution is 7.98. The van der Waals surface area contributed by atoms with Crippen molar-refractivity contribution in [2.75, 3.05) is 6.26 Å². The number of para-hydroxylation sites is 1. The van der Waals surface area contributed by atoms with Crippen molar-refractivity contribution >= 4 is 28.5 Å². The summed E-state index contributed by atoms with van der Waals surface area (Å²) in [6, 6.07) is 15.3. The molecule has 0 aliphatic heterocycles. The molecular weight excluding hydrogens is 268 g/mol. The minimum absolute atomic E-state index is 0.0757. The van der Waals surface area contributed by atoms with Crippen LogP contribution in [0.25, 0.3) is 11.0 Å². The summed E-state index contributed by atoms with van der Waals surface area (Å²) in [6.45, 7) is 1.98. The van der Waals surface area contributed by atoms with E-state index in [9.17, 15) is 4.79 Å². The number of aryl methyl sites for hydroxylation is 1. The highest BCUT2D eigenvalue weighted by Crippen LogP contribution is 2.25. The Morgan fingerprint density at radius 2 is 1.85 bits per heavy atom. The molecule has 3 aromatic rings. The minimum atomic E-state index is -0.0757. The van der Waals surface area contributed by atoms with Crippen LogP contribution in [0.2, 0.25) is 0 Å². The molecule has 3 rings (SSSR count). The van der Waals surface area contributed by atoms with Crippen molar-refractivity contribution in [2.45, 2.75) is 11.8 Å². The molecular formula is C17H14O2S. The Balaban J connectivity index is 2.01. The number of benzene rings is 2. The van der Waals surface area contributed by atoms with Gasteiger partial charge in [0, 0.05) is 15.8 Å². The number of thioether (sulfide) groups is 1. The van der Waals surface area contributed by atoms with Gasteiger partial charge in [-0.25, -0.2) is 0 Å². The van der Waals surface area contributed by atoms with Crippen LogP contribution < -0.4 is 0 Å². The van der Waals surface area contributed by atoms with E-state index < -0.39 is 0 Å². The van der Waals surface area contributed by atoms with Crippen LogP contribution in [0.4, 0.5) is 0 Å². The fraction of sp³-hybridized carbons (Fsp3) is 0.118. The smallest absolute Gasteiger partial charge is 0.228 e. The van der Waals surface area contributed by atoms with Crippen LogP contribution in [0.5, 0.6) is 0 Å². The molecule has 0 N–H and O–H groups in total. The molecule has 1 heterocycles. The first kappa shape index (κ1) is 13.0. The van der Waals surface area contributed by atoms with E-state index in [0.29, 0.717) is 11.3 Å². The average molecular weight is 282 g/mol. The second-order valence-corrected chi connectivity index (χ2v) is 5.54. The number of furan rings is 1. The van der Waals surface area contributed by atoms with Crippen LogP contribution >= 0.6 is 11.8 Å². The first-order valence-electron chi connectivity index (χ1n) is 6.37. The monoisotopic (exact) mass is 282 g/mol. The van der Waals surface area contributed by atoms with Gasteiger partial charge in [-0.1, -0.05) is 18.2 Å². The maximum absolute atomic E-state index is 12.4. The second kappa shape index (κ2) is 5.17. The van der Waals surface area contributed by atoms with Crippen LogP contribution in [0.15, 0.2) is 57.8 Å². The molecule has 2 aromatic carbocycles. The molecule has 0 spiro atoms. The van der Waals surface area contributed by atoms with Crippen molar-refractivity contribution in [2.24, 2.45) is 0 Å². The third-order valence-electron chi connectivity index (χ3n) is 3.32. The summed E-state index contributed by atoms with van der Waals surface area (Å²) in [6.07, 6.45) is 2.01. The minimum Gasteiger partial charge on any atom is -0.452 e. The summed E-state index contributed by atoms with van der Waals surface area (Å²) >= 11 is 1.66. The summed E-state index contributed by atoms with van der Waals surface area (Å²) in [5, 5.41) is 0.967. The first-order chi connectivity index (χ1) is 9.69. The summed E-state index contributed by atoms with van der Waals surface area (Å²) in [7, 11) is 0. The number of carbonyl (C=O) groups is 1. The number of carbonyl (C=O) groups excluding carboxylic acids is 1. The lowest BCUT2D eigenvalue weighted by atomic mass is 10.1. The van der Waals surface area contributed by atoms with Crippen molar-refractivity contribution in [3.05, 3.63) is 65.4 Å². The van der Waals surface area contributed by atoms with Crippen molar-refractivity contribution in [1.29, 1.82) is 0 Å². The second-order valence-electron chi connectivity index (χ2n) is 4.66. The number of hydrogen-bond donors (Lipinski definition) is 0. The van der Waals surface area contributed by atoms with Crippen molar-refractivity contribution in [3.63, 3.8) is 0 Å². The van der Waals surface area contributed by atoms with E-state index in [2.05, 4.69) is 0 Å². The summed E-state index contributed by atoms with van der Waals surface area (Å²) < 4.78 is 5.72. The Hall–Kier alpha value is -2.00. The molecule has 0 fully saturated rings. The van der Waals surface area contributed by atoms with Gasteiger partial charge in [-0.15, -0.1) is 11.8 Å². The van der Waals surface area contributed by atoms with E-state index in [1.165, 1.54) is 0 Å². The predicted octanol–water partition coefficient (Wildman–Crippen LogP) is 4.69. The number of rotatable bonds is 3. The molecule has 0 saturated carbocycles. The van der Waals surface area contributed by atoms with Gasteiger partial charge in [0.25, 0.3) is 0 Å². The molecule has 0 radical (unpaired) electrons. The lowest BCUT2D eigenvalue weighted by Gasteiger charge is -1.99. The zero-order chi connectivity index (χ0) is 14.1. The fourth-order valence-electron chi connectivity index (χ4n) is 2.21. The molecule has 0 atom stereocenters. The molecule has 0 unspecified atom stereocenters. The molecule has 0 bridgehead atoms. The Labute approximate surface area is 121 Å². The zero-order valence-corrected chi connectivity index (χ0v) is 12.2. The summed E-state index contributed by atoms with van der Waals surface area (Å²) in [4.78, 5) is 13.6. The lowest BCUT2D eigenvalue weighted by molar-refractivity contribution is 0.101. The third kappa shape index (κ3) is 2.25. The Bertz CT molecular complexity index is 769. The normalized spacial score (nSPS) is 10.9. The van der Waals surface area contributed by atoms with Crippen LogP contribution in [0, 0.1) is 6.92 Å². The van der Waals surface area contributed by atoms with Gasteiger partial charge in [0.1, 0.15) is 5.58 Å². The Morgan fingerprint density at radius 3 is 2.50 bits per heavy atom. The quantitative estimate of drug-likeness (QED) is 0.515. The van der Waals surface area contributed by atoms with Gasteiger partial charge >= 0.3 is 0 Å². The maximum Gasteiger partial charge on any atom is 0.228 e. The van der Waals surface area contributed by atoms with E-state index in [-0.39, 0.29) is 5.78 Å². The molecule has 0 saturated heterocycles. The van der Waals surface area contributed by atoms with Crippen LogP contribution in [0.1, 0.15) is 21.7 Å². The molecule has 3 heteroatoms. The topological polar surface area (TPSA) is 30.2 Å². The van der Waals surface area contributed by atoms with E-state index >= 15 is 0 Å². The highest BCUT2D eigenvalue weighted by Gasteiger charge is 2.15. The van der Waals surface area contributed by atoms with E-state index in [1.807, 2.05) is 61.7 Å². The van der Waals surface area contributed by atoms with Gasteiger partial charge < -0.3 is 4.42 Å². The molecule has 1 aromatic heterocycles. The Kier molecular flexibility index (Phi) is 3.36. The van der Waals surface area contributed by atoms with Gasteiger partial charge in [0.2, 0.25) is 5.78 Å². The third-order valence-corrected chi connectivity index (χ3v) is 4.06. The summed E-state index contributed by atoms with van der Waals surface area (Å²) in [5.74, 6) is 0.319. The lowest BCUT2D eigenvalue weighted by Crippen LogP contribution is -1.98. The highest BCUT2D eigenvalue weighted by atomic mass is 32.2. The van der Waals surface area contributed by atoms with Gasteiger partial charge in [0.15, 0.2) is 5.76 Å². The number of hydrogen-bond acceptors (Lipinski definition) is 3. The van der Waals surface area contributed by atoms with Crippen LogP contribution in [-0.4, -0.2) is 12.0 Å². The molecule has 0 aliphatic carbocycles. The van der Waals surface area contributed by atoms with Crippen LogP contribution in [-0.2, 0) is 0 Å². The van der Waals surface area contributed by atoms with E-state index in [1.54, 1.807) is 11.8 Å². The number of fused-ring (bicyclic) bond motifs is 1. The van der Waals surface area contributed by atoms with Crippen molar-refractivity contribution < 1.29 is 9.21 Å². The average Bonchev–Trinajstić information content (AvgIpc) is 2.92. The first-order valence-corrected chi connectivity index (χ1v) is 7.59. The van der Waals surface area contributed by atoms with Crippen molar-refractivity contribution in [1.82, 2.24) is 0 Å². The number of ketones is 1. The standard InChI is InChI=1S/C17H14O2S/c1-11-4-3-5-13-10-15(19-17(11)13)16(18)12-6-8-14(20-2)9-7-12/h3-10H,1-2H3. The molecule has 2 nitrogen and oxygen atoms in total. The predicted molar refractivity (Wildman–Crippen MR) is 82.6 cm³/mol. The zero-order valence-electron chi connectivity index (χ0n) is 11.3. The van der Waals surface area contributed by atoms with Gasteiger partial charge in [-0.05, 0) is 49.1 Å². The molecule has 100 valence electrons. The van der Waals surface area contributed by atoms with Gasteiger partial charge in [0.05, 0.1) is 0 Å². The summed E-state index contributed by atoms with van der Waals surface area (Å²) in [5.41, 5.74) is 2.48. The maximum atomic E-state index is 12.4. The van der Waals surface area contributed by atoms with Crippen LogP contribution in [0.3, 0.4) is 0 Å². The fourth-order valence-corrected chi connectivity index (χ4v) is 2.61. The SMILES string of the molecule is CSc1ccc(C(=O)c2cc3cccc(C)c3o2)cc1. The van der Waals surface area contributed by atoms with E-state index in [0.717, 1.165) is 21.4 Å². The Morgan fingerprint density at radius 1 is 1.10 bits per heavy atom. The molecule has 0 amide bonds. The van der Waals surface area contributed by atoms with Gasteiger partial charge in [-0.3, -0.25) is 4.79 Å². The molecule has 20 heavy (non-hydrogen) atoms. The van der Waals surface area contributed by atoms with Crippen molar-refractivity contribution in [3.8, 4) is 0 Å². The largest absolute Gasteiger partial charge is 0.452 e. The molecule has 0 aliphatic rings.